The summed E-state index contributed by atoms with van der Waals surface area (Å²) in [7, 11) is 0. The van der Waals surface area contributed by atoms with Crippen LogP contribution in [0.1, 0.15) is 24.4 Å². The molecule has 1 heterocycles. The standard InChI is InChI=1S/C10H12N2O2.ClH/c13-12(14)9-4-1-3-8(7-9)10-5-2-6-11-10;/h1,3-4,7,10-11H,2,5-6H2;1H. The van der Waals surface area contributed by atoms with Crippen LogP contribution in [0.15, 0.2) is 24.3 Å². The Balaban J connectivity index is 0.00000112. The Morgan fingerprint density at radius 2 is 2.27 bits per heavy atom. The summed E-state index contributed by atoms with van der Waals surface area (Å²) in [5, 5.41) is 13.9. The summed E-state index contributed by atoms with van der Waals surface area (Å²) >= 11 is 0. The second kappa shape index (κ2) is 5.09. The maximum absolute atomic E-state index is 10.6. The van der Waals surface area contributed by atoms with E-state index < -0.39 is 0 Å². The van der Waals surface area contributed by atoms with Gasteiger partial charge in [0.05, 0.1) is 4.92 Å². The lowest BCUT2D eigenvalue weighted by Crippen LogP contribution is -2.12. The molecule has 15 heavy (non-hydrogen) atoms. The number of non-ortho nitro benzene ring substituents is 1. The number of halogens is 1. The first kappa shape index (κ1) is 11.9. The second-order valence-corrected chi connectivity index (χ2v) is 3.50. The third-order valence-electron chi connectivity index (χ3n) is 2.54. The minimum absolute atomic E-state index is 0. The van der Waals surface area contributed by atoms with E-state index >= 15 is 0 Å². The van der Waals surface area contributed by atoms with Crippen molar-refractivity contribution < 1.29 is 4.92 Å². The van der Waals surface area contributed by atoms with E-state index in [-0.39, 0.29) is 23.0 Å². The number of nitro benzene ring substituents is 1. The van der Waals surface area contributed by atoms with E-state index in [1.54, 1.807) is 12.1 Å². The molecule has 0 aliphatic carbocycles. The summed E-state index contributed by atoms with van der Waals surface area (Å²) in [6.07, 6.45) is 2.22. The molecule has 1 aromatic carbocycles. The molecular formula is C10H13ClN2O2. The molecule has 1 atom stereocenters. The Morgan fingerprint density at radius 1 is 1.47 bits per heavy atom. The topological polar surface area (TPSA) is 55.2 Å². The van der Waals surface area contributed by atoms with Crippen molar-refractivity contribution in [1.29, 1.82) is 0 Å². The van der Waals surface area contributed by atoms with Crippen molar-refractivity contribution in [2.75, 3.05) is 6.54 Å². The fraction of sp³-hybridized carbons (Fsp3) is 0.400. The van der Waals surface area contributed by atoms with Gasteiger partial charge in [0.1, 0.15) is 0 Å². The van der Waals surface area contributed by atoms with Gasteiger partial charge in [0, 0.05) is 18.2 Å². The molecule has 1 aromatic rings. The first-order valence-corrected chi connectivity index (χ1v) is 4.75. The molecule has 0 saturated carbocycles. The van der Waals surface area contributed by atoms with Gasteiger partial charge in [0.2, 0.25) is 0 Å². The highest BCUT2D eigenvalue weighted by molar-refractivity contribution is 5.85. The predicted molar refractivity (Wildman–Crippen MR) is 60.3 cm³/mol. The summed E-state index contributed by atoms with van der Waals surface area (Å²) in [5.74, 6) is 0. The number of hydrogen-bond donors (Lipinski definition) is 1. The molecule has 5 heteroatoms. The van der Waals surface area contributed by atoms with E-state index in [2.05, 4.69) is 5.32 Å². The SMILES string of the molecule is Cl.O=[N+]([O-])c1cccc(C2CCCN2)c1. The van der Waals surface area contributed by atoms with Gasteiger partial charge < -0.3 is 5.32 Å². The zero-order valence-electron chi connectivity index (χ0n) is 8.18. The van der Waals surface area contributed by atoms with E-state index in [4.69, 9.17) is 0 Å². The normalized spacial score (nSPS) is 19.6. The largest absolute Gasteiger partial charge is 0.310 e. The van der Waals surface area contributed by atoms with Gasteiger partial charge in [-0.2, -0.15) is 0 Å². The number of rotatable bonds is 2. The molecule has 2 rings (SSSR count). The van der Waals surface area contributed by atoms with Crippen molar-refractivity contribution in [3.05, 3.63) is 39.9 Å². The van der Waals surface area contributed by atoms with E-state index in [0.29, 0.717) is 6.04 Å². The average molecular weight is 229 g/mol. The van der Waals surface area contributed by atoms with Gasteiger partial charge in [0.25, 0.3) is 5.69 Å². The predicted octanol–water partition coefficient (Wildman–Crippen LogP) is 2.44. The monoisotopic (exact) mass is 228 g/mol. The van der Waals surface area contributed by atoms with E-state index in [9.17, 15) is 10.1 Å². The molecule has 1 N–H and O–H groups in total. The van der Waals surface area contributed by atoms with Crippen molar-refractivity contribution in [2.45, 2.75) is 18.9 Å². The molecule has 1 fully saturated rings. The number of nitro groups is 1. The fourth-order valence-corrected chi connectivity index (χ4v) is 1.82. The number of benzene rings is 1. The molecule has 0 radical (unpaired) electrons. The molecule has 0 amide bonds. The second-order valence-electron chi connectivity index (χ2n) is 3.50. The van der Waals surface area contributed by atoms with Crippen molar-refractivity contribution in [2.24, 2.45) is 0 Å². The van der Waals surface area contributed by atoms with Crippen molar-refractivity contribution in [3.63, 3.8) is 0 Å². The highest BCUT2D eigenvalue weighted by atomic mass is 35.5. The number of hydrogen-bond acceptors (Lipinski definition) is 3. The Kier molecular flexibility index (Phi) is 4.05. The lowest BCUT2D eigenvalue weighted by Gasteiger charge is -2.09. The average Bonchev–Trinajstić information content (AvgIpc) is 2.71. The van der Waals surface area contributed by atoms with Crippen LogP contribution in [0.2, 0.25) is 0 Å². The summed E-state index contributed by atoms with van der Waals surface area (Å²) < 4.78 is 0. The van der Waals surface area contributed by atoms with Gasteiger partial charge in [-0.1, -0.05) is 12.1 Å². The highest BCUT2D eigenvalue weighted by Gasteiger charge is 2.17. The van der Waals surface area contributed by atoms with Gasteiger partial charge in [-0.3, -0.25) is 10.1 Å². The quantitative estimate of drug-likeness (QED) is 0.625. The lowest BCUT2D eigenvalue weighted by molar-refractivity contribution is -0.384. The van der Waals surface area contributed by atoms with Crippen LogP contribution in [0, 0.1) is 10.1 Å². The van der Waals surface area contributed by atoms with Gasteiger partial charge in [0.15, 0.2) is 0 Å². The van der Waals surface area contributed by atoms with Crippen LogP contribution in [-0.4, -0.2) is 11.5 Å². The van der Waals surface area contributed by atoms with Crippen LogP contribution in [0.3, 0.4) is 0 Å². The van der Waals surface area contributed by atoms with Crippen molar-refractivity contribution >= 4 is 18.1 Å². The molecular weight excluding hydrogens is 216 g/mol. The Morgan fingerprint density at radius 3 is 2.87 bits per heavy atom. The maximum Gasteiger partial charge on any atom is 0.269 e. The van der Waals surface area contributed by atoms with Gasteiger partial charge in [-0.15, -0.1) is 12.4 Å². The summed E-state index contributed by atoms with van der Waals surface area (Å²) in [4.78, 5) is 10.2. The van der Waals surface area contributed by atoms with Gasteiger partial charge in [-0.05, 0) is 24.9 Å². The third kappa shape index (κ3) is 2.67. The van der Waals surface area contributed by atoms with Crippen LogP contribution >= 0.6 is 12.4 Å². The van der Waals surface area contributed by atoms with E-state index in [1.165, 1.54) is 6.07 Å². The Hall–Kier alpha value is -1.13. The maximum atomic E-state index is 10.6. The first-order valence-electron chi connectivity index (χ1n) is 4.75. The van der Waals surface area contributed by atoms with Crippen LogP contribution in [0.4, 0.5) is 5.69 Å². The molecule has 1 aliphatic heterocycles. The highest BCUT2D eigenvalue weighted by Crippen LogP contribution is 2.25. The van der Waals surface area contributed by atoms with Crippen LogP contribution in [0.5, 0.6) is 0 Å². The zero-order chi connectivity index (χ0) is 9.97. The van der Waals surface area contributed by atoms with Crippen LogP contribution < -0.4 is 5.32 Å². The Bertz CT molecular complexity index is 351. The van der Waals surface area contributed by atoms with Gasteiger partial charge >= 0.3 is 0 Å². The smallest absolute Gasteiger partial charge is 0.269 e. The Labute approximate surface area is 94.2 Å². The summed E-state index contributed by atoms with van der Waals surface area (Å²) in [6, 6.07) is 7.17. The first-order chi connectivity index (χ1) is 6.77. The fourth-order valence-electron chi connectivity index (χ4n) is 1.82. The molecule has 1 saturated heterocycles. The molecule has 0 aromatic heterocycles. The molecule has 0 spiro atoms. The third-order valence-corrected chi connectivity index (χ3v) is 2.54. The lowest BCUT2D eigenvalue weighted by atomic mass is 10.1. The van der Waals surface area contributed by atoms with E-state index in [1.807, 2.05) is 6.07 Å². The minimum atomic E-state index is -0.349. The minimum Gasteiger partial charge on any atom is -0.310 e. The van der Waals surface area contributed by atoms with E-state index in [0.717, 1.165) is 24.9 Å². The molecule has 1 unspecified atom stereocenters. The summed E-state index contributed by atoms with van der Waals surface area (Å²) in [5.41, 5.74) is 1.20. The molecule has 4 nitrogen and oxygen atoms in total. The summed E-state index contributed by atoms with van der Waals surface area (Å²) in [6.45, 7) is 1.01. The van der Waals surface area contributed by atoms with Crippen molar-refractivity contribution in [3.8, 4) is 0 Å². The molecule has 82 valence electrons. The van der Waals surface area contributed by atoms with Crippen LogP contribution in [-0.2, 0) is 0 Å². The number of nitrogens with zero attached hydrogens (tertiary/aromatic N) is 1. The van der Waals surface area contributed by atoms with Gasteiger partial charge in [-0.25, -0.2) is 0 Å². The zero-order valence-corrected chi connectivity index (χ0v) is 9.00. The molecule has 1 aliphatic rings. The van der Waals surface area contributed by atoms with Crippen molar-refractivity contribution in [1.82, 2.24) is 5.32 Å². The molecule has 0 bridgehead atoms. The number of nitrogens with one attached hydrogen (secondary N) is 1. The van der Waals surface area contributed by atoms with Crippen LogP contribution in [0.25, 0.3) is 0 Å².